The number of nitrogens with one attached hydrogen (secondary N) is 2. The summed E-state index contributed by atoms with van der Waals surface area (Å²) in [4.78, 5) is 14.2. The van der Waals surface area contributed by atoms with E-state index >= 15 is 0 Å². The second-order valence-corrected chi connectivity index (χ2v) is 4.76. The van der Waals surface area contributed by atoms with Gasteiger partial charge in [0.1, 0.15) is 17.8 Å². The number of hydrogen-bond acceptors (Lipinski definition) is 4. The molecule has 96 valence electrons. The lowest BCUT2D eigenvalue weighted by Crippen LogP contribution is -2.42. The van der Waals surface area contributed by atoms with Crippen molar-refractivity contribution in [1.82, 2.24) is 20.3 Å². The molecule has 0 unspecified atom stereocenters. The zero-order valence-corrected chi connectivity index (χ0v) is 10.7. The molecular weight excluding hydrogens is 226 g/mol. The Labute approximate surface area is 107 Å². The fourth-order valence-electron chi connectivity index (χ4n) is 2.69. The molecule has 0 amide bonds. The zero-order chi connectivity index (χ0) is 12.4. The molecule has 0 aliphatic carbocycles. The van der Waals surface area contributed by atoms with E-state index < -0.39 is 0 Å². The van der Waals surface area contributed by atoms with Crippen LogP contribution in [-0.2, 0) is 0 Å². The predicted molar refractivity (Wildman–Crippen MR) is 72.8 cm³/mol. The molecule has 5 heteroatoms. The van der Waals surface area contributed by atoms with Crippen molar-refractivity contribution in [2.75, 3.05) is 24.5 Å². The van der Waals surface area contributed by atoms with E-state index in [1.54, 1.807) is 6.33 Å². The molecule has 2 aromatic rings. The molecule has 1 aliphatic heterocycles. The van der Waals surface area contributed by atoms with Crippen LogP contribution in [-0.4, -0.2) is 40.6 Å². The summed E-state index contributed by atoms with van der Waals surface area (Å²) in [5.41, 5.74) is 0.925. The molecule has 1 aliphatic rings. The Morgan fingerprint density at radius 3 is 3.00 bits per heavy atom. The van der Waals surface area contributed by atoms with E-state index in [1.165, 1.54) is 12.8 Å². The van der Waals surface area contributed by atoms with Gasteiger partial charge in [-0.3, -0.25) is 0 Å². The third-order valence-corrected chi connectivity index (χ3v) is 3.62. The number of hydrogen-bond donors (Lipinski definition) is 2. The van der Waals surface area contributed by atoms with Crippen molar-refractivity contribution in [3.8, 4) is 0 Å². The van der Waals surface area contributed by atoms with Crippen LogP contribution in [0.1, 0.15) is 19.8 Å². The van der Waals surface area contributed by atoms with E-state index in [0.717, 1.165) is 36.5 Å². The molecule has 1 fully saturated rings. The van der Waals surface area contributed by atoms with Gasteiger partial charge in [0, 0.05) is 25.3 Å². The highest BCUT2D eigenvalue weighted by Gasteiger charge is 2.20. The van der Waals surface area contributed by atoms with Gasteiger partial charge < -0.3 is 15.2 Å². The van der Waals surface area contributed by atoms with Crippen LogP contribution in [0.25, 0.3) is 11.0 Å². The minimum atomic E-state index is 0.662. The first-order valence-corrected chi connectivity index (χ1v) is 6.65. The molecule has 3 rings (SSSR count). The minimum Gasteiger partial charge on any atom is -0.356 e. The van der Waals surface area contributed by atoms with Crippen LogP contribution in [0.15, 0.2) is 18.6 Å². The highest BCUT2D eigenvalue weighted by molar-refractivity contribution is 5.87. The average Bonchev–Trinajstić information content (AvgIpc) is 2.88. The van der Waals surface area contributed by atoms with Crippen molar-refractivity contribution in [3.05, 3.63) is 18.6 Å². The van der Waals surface area contributed by atoms with Gasteiger partial charge in [-0.1, -0.05) is 6.92 Å². The molecule has 18 heavy (non-hydrogen) atoms. The number of anilines is 1. The normalized spacial score (nSPS) is 17.5. The highest BCUT2D eigenvalue weighted by Crippen LogP contribution is 2.24. The maximum absolute atomic E-state index is 4.45. The van der Waals surface area contributed by atoms with Gasteiger partial charge >= 0.3 is 0 Å². The SMILES string of the molecule is CCNC1CCN(c2ncnc3[nH]ccc23)CC1. The Morgan fingerprint density at radius 2 is 2.22 bits per heavy atom. The standard InChI is InChI=1S/C13H19N5/c1-2-14-10-4-7-18(8-5-10)13-11-3-6-15-12(11)16-9-17-13/h3,6,9-10,14H,2,4-5,7-8H2,1H3,(H,15,16,17). The molecule has 1 saturated heterocycles. The Morgan fingerprint density at radius 1 is 1.39 bits per heavy atom. The number of H-pyrrole nitrogens is 1. The topological polar surface area (TPSA) is 56.8 Å². The Bertz CT molecular complexity index is 513. The van der Waals surface area contributed by atoms with Crippen molar-refractivity contribution >= 4 is 16.9 Å². The first-order chi connectivity index (χ1) is 8.88. The summed E-state index contributed by atoms with van der Waals surface area (Å²) in [6.45, 7) is 5.35. The molecule has 2 N–H and O–H groups in total. The summed E-state index contributed by atoms with van der Waals surface area (Å²) < 4.78 is 0. The number of aromatic nitrogens is 3. The van der Waals surface area contributed by atoms with Crippen molar-refractivity contribution in [1.29, 1.82) is 0 Å². The van der Waals surface area contributed by atoms with E-state index in [4.69, 9.17) is 0 Å². The van der Waals surface area contributed by atoms with E-state index in [-0.39, 0.29) is 0 Å². The monoisotopic (exact) mass is 245 g/mol. The van der Waals surface area contributed by atoms with Crippen LogP contribution in [0, 0.1) is 0 Å². The van der Waals surface area contributed by atoms with Crippen molar-refractivity contribution in [2.45, 2.75) is 25.8 Å². The zero-order valence-electron chi connectivity index (χ0n) is 10.7. The maximum atomic E-state index is 4.45. The van der Waals surface area contributed by atoms with Gasteiger partial charge in [0.15, 0.2) is 0 Å². The molecule has 0 radical (unpaired) electrons. The predicted octanol–water partition coefficient (Wildman–Crippen LogP) is 1.54. The summed E-state index contributed by atoms with van der Waals surface area (Å²) in [6.07, 6.45) is 5.94. The lowest BCUT2D eigenvalue weighted by atomic mass is 10.0. The molecule has 0 aromatic carbocycles. The molecule has 0 bridgehead atoms. The largest absolute Gasteiger partial charge is 0.356 e. The third-order valence-electron chi connectivity index (χ3n) is 3.62. The molecule has 0 spiro atoms. The lowest BCUT2D eigenvalue weighted by Gasteiger charge is -2.33. The number of aromatic amines is 1. The second kappa shape index (κ2) is 4.94. The van der Waals surface area contributed by atoms with Gasteiger partial charge in [-0.25, -0.2) is 9.97 Å². The van der Waals surface area contributed by atoms with Crippen molar-refractivity contribution < 1.29 is 0 Å². The summed E-state index contributed by atoms with van der Waals surface area (Å²) in [5.74, 6) is 1.07. The van der Waals surface area contributed by atoms with Gasteiger partial charge in [-0.15, -0.1) is 0 Å². The van der Waals surface area contributed by atoms with E-state index in [2.05, 4.69) is 38.2 Å². The molecule has 2 aromatic heterocycles. The molecule has 0 saturated carbocycles. The van der Waals surface area contributed by atoms with E-state index in [1.807, 2.05) is 6.20 Å². The summed E-state index contributed by atoms with van der Waals surface area (Å²) in [6, 6.07) is 2.72. The van der Waals surface area contributed by atoms with Crippen LogP contribution in [0.2, 0.25) is 0 Å². The van der Waals surface area contributed by atoms with Crippen LogP contribution >= 0.6 is 0 Å². The maximum Gasteiger partial charge on any atom is 0.142 e. The fourth-order valence-corrected chi connectivity index (χ4v) is 2.69. The number of nitrogens with zero attached hydrogens (tertiary/aromatic N) is 3. The summed E-state index contributed by atoms with van der Waals surface area (Å²) in [7, 11) is 0. The quantitative estimate of drug-likeness (QED) is 0.861. The number of fused-ring (bicyclic) bond motifs is 1. The summed E-state index contributed by atoms with van der Waals surface area (Å²) >= 11 is 0. The smallest absolute Gasteiger partial charge is 0.142 e. The first-order valence-electron chi connectivity index (χ1n) is 6.65. The third kappa shape index (κ3) is 2.06. The van der Waals surface area contributed by atoms with Gasteiger partial charge in [0.25, 0.3) is 0 Å². The van der Waals surface area contributed by atoms with Crippen LogP contribution in [0.4, 0.5) is 5.82 Å². The Hall–Kier alpha value is -1.62. The molecule has 0 atom stereocenters. The van der Waals surface area contributed by atoms with Crippen LogP contribution in [0.3, 0.4) is 0 Å². The van der Waals surface area contributed by atoms with Crippen molar-refractivity contribution in [3.63, 3.8) is 0 Å². The van der Waals surface area contributed by atoms with Gasteiger partial charge in [-0.2, -0.15) is 0 Å². The number of rotatable bonds is 3. The van der Waals surface area contributed by atoms with Crippen molar-refractivity contribution in [2.24, 2.45) is 0 Å². The molecule has 5 nitrogen and oxygen atoms in total. The van der Waals surface area contributed by atoms with E-state index in [9.17, 15) is 0 Å². The Kier molecular flexibility index (Phi) is 3.15. The lowest BCUT2D eigenvalue weighted by molar-refractivity contribution is 0.423. The van der Waals surface area contributed by atoms with Gasteiger partial charge in [-0.05, 0) is 25.5 Å². The van der Waals surface area contributed by atoms with Gasteiger partial charge in [0.05, 0.1) is 5.39 Å². The Balaban J connectivity index is 1.78. The van der Waals surface area contributed by atoms with E-state index in [0.29, 0.717) is 6.04 Å². The fraction of sp³-hybridized carbons (Fsp3) is 0.538. The highest BCUT2D eigenvalue weighted by atomic mass is 15.2. The van der Waals surface area contributed by atoms with Crippen LogP contribution < -0.4 is 10.2 Å². The summed E-state index contributed by atoms with van der Waals surface area (Å²) in [5, 5.41) is 4.65. The van der Waals surface area contributed by atoms with Gasteiger partial charge in [0.2, 0.25) is 0 Å². The first kappa shape index (κ1) is 11.5. The molecular formula is C13H19N5. The van der Waals surface area contributed by atoms with Crippen LogP contribution in [0.5, 0.6) is 0 Å². The number of piperidine rings is 1. The second-order valence-electron chi connectivity index (χ2n) is 4.76. The minimum absolute atomic E-state index is 0.662. The average molecular weight is 245 g/mol. The molecule has 3 heterocycles.